The second-order valence-electron chi connectivity index (χ2n) is 6.09. The summed E-state index contributed by atoms with van der Waals surface area (Å²) in [6, 6.07) is 0.792. The van der Waals surface area contributed by atoms with E-state index < -0.39 is 0 Å². The molecule has 0 aromatic heterocycles. The topological polar surface area (TPSA) is 15.3 Å². The fourth-order valence-electron chi connectivity index (χ4n) is 3.78. The molecule has 1 aliphatic carbocycles. The van der Waals surface area contributed by atoms with Gasteiger partial charge in [0, 0.05) is 12.6 Å². The van der Waals surface area contributed by atoms with Crippen LogP contribution in [0.15, 0.2) is 0 Å². The molecule has 1 saturated carbocycles. The van der Waals surface area contributed by atoms with Gasteiger partial charge in [0.05, 0.1) is 0 Å². The fraction of sp³-hybridized carbons (Fsp3) is 1.00. The average molecular weight is 238 g/mol. The van der Waals surface area contributed by atoms with Gasteiger partial charge in [0.1, 0.15) is 0 Å². The summed E-state index contributed by atoms with van der Waals surface area (Å²) in [5.74, 6) is 1.92. The molecule has 0 aromatic rings. The molecule has 0 aromatic carbocycles. The minimum atomic E-state index is 0.792. The molecule has 0 radical (unpaired) electrons. The Morgan fingerprint density at radius 2 is 1.94 bits per heavy atom. The van der Waals surface area contributed by atoms with E-state index in [1.807, 2.05) is 0 Å². The van der Waals surface area contributed by atoms with Gasteiger partial charge in [0.15, 0.2) is 0 Å². The second-order valence-corrected chi connectivity index (χ2v) is 6.09. The largest absolute Gasteiger partial charge is 0.317 e. The molecule has 0 amide bonds. The molecule has 1 aliphatic heterocycles. The van der Waals surface area contributed by atoms with Crippen LogP contribution in [-0.2, 0) is 0 Å². The highest BCUT2D eigenvalue weighted by Gasteiger charge is 2.28. The minimum Gasteiger partial charge on any atom is -0.317 e. The van der Waals surface area contributed by atoms with E-state index in [0.717, 1.165) is 17.9 Å². The lowest BCUT2D eigenvalue weighted by molar-refractivity contribution is 0.220. The maximum Gasteiger partial charge on any atom is 0.0104 e. The van der Waals surface area contributed by atoms with Crippen LogP contribution in [-0.4, -0.2) is 37.6 Å². The first-order valence-corrected chi connectivity index (χ1v) is 7.73. The molecule has 100 valence electrons. The predicted octanol–water partition coefficient (Wildman–Crippen LogP) is 2.89. The lowest BCUT2D eigenvalue weighted by Crippen LogP contribution is -2.38. The standard InChI is InChI=1S/C15H30N2/c1-3-13-6-5-10-17(11-9-13)12-14-7-4-8-15(14)16-2/h13-16H,3-12H2,1-2H3. The van der Waals surface area contributed by atoms with Gasteiger partial charge in [-0.25, -0.2) is 0 Å². The first-order valence-electron chi connectivity index (χ1n) is 7.73. The first kappa shape index (κ1) is 13.4. The van der Waals surface area contributed by atoms with Crippen molar-refractivity contribution in [2.45, 2.75) is 57.9 Å². The van der Waals surface area contributed by atoms with Crippen LogP contribution in [0.4, 0.5) is 0 Å². The maximum absolute atomic E-state index is 3.51. The third-order valence-corrected chi connectivity index (χ3v) is 5.04. The highest BCUT2D eigenvalue weighted by molar-refractivity contribution is 4.85. The summed E-state index contributed by atoms with van der Waals surface area (Å²) in [7, 11) is 2.14. The quantitative estimate of drug-likeness (QED) is 0.810. The Morgan fingerprint density at radius 1 is 1.06 bits per heavy atom. The Balaban J connectivity index is 1.78. The van der Waals surface area contributed by atoms with Gasteiger partial charge < -0.3 is 10.2 Å². The number of nitrogens with zero attached hydrogens (tertiary/aromatic N) is 1. The highest BCUT2D eigenvalue weighted by atomic mass is 15.1. The van der Waals surface area contributed by atoms with Crippen LogP contribution in [0, 0.1) is 11.8 Å². The molecule has 0 bridgehead atoms. The number of nitrogens with one attached hydrogen (secondary N) is 1. The Hall–Kier alpha value is -0.0800. The van der Waals surface area contributed by atoms with Gasteiger partial charge in [-0.2, -0.15) is 0 Å². The lowest BCUT2D eigenvalue weighted by Gasteiger charge is -2.27. The summed E-state index contributed by atoms with van der Waals surface area (Å²) in [5, 5.41) is 3.51. The summed E-state index contributed by atoms with van der Waals surface area (Å²) < 4.78 is 0. The normalized spacial score (nSPS) is 36.0. The van der Waals surface area contributed by atoms with Gasteiger partial charge in [-0.05, 0) is 64.1 Å². The number of likely N-dealkylation sites (tertiary alicyclic amines) is 1. The van der Waals surface area contributed by atoms with E-state index in [-0.39, 0.29) is 0 Å². The zero-order valence-corrected chi connectivity index (χ0v) is 11.8. The average Bonchev–Trinajstić information content (AvgIpc) is 2.67. The van der Waals surface area contributed by atoms with Crippen molar-refractivity contribution < 1.29 is 0 Å². The van der Waals surface area contributed by atoms with Crippen molar-refractivity contribution in [2.75, 3.05) is 26.7 Å². The molecule has 17 heavy (non-hydrogen) atoms. The molecule has 2 rings (SSSR count). The fourth-order valence-corrected chi connectivity index (χ4v) is 3.78. The van der Waals surface area contributed by atoms with E-state index in [0.29, 0.717) is 0 Å². The number of rotatable bonds is 4. The molecule has 2 heteroatoms. The summed E-state index contributed by atoms with van der Waals surface area (Å²) >= 11 is 0. The third-order valence-electron chi connectivity index (χ3n) is 5.04. The molecule has 1 saturated heterocycles. The van der Waals surface area contributed by atoms with E-state index in [1.165, 1.54) is 64.6 Å². The van der Waals surface area contributed by atoms with Crippen molar-refractivity contribution in [3.8, 4) is 0 Å². The number of hydrogen-bond acceptors (Lipinski definition) is 2. The van der Waals surface area contributed by atoms with E-state index in [1.54, 1.807) is 0 Å². The Morgan fingerprint density at radius 3 is 2.71 bits per heavy atom. The SMILES string of the molecule is CCC1CCCN(CC2CCCC2NC)CC1. The van der Waals surface area contributed by atoms with Crippen LogP contribution < -0.4 is 5.32 Å². The summed E-state index contributed by atoms with van der Waals surface area (Å²) in [5.41, 5.74) is 0. The molecule has 3 atom stereocenters. The van der Waals surface area contributed by atoms with Gasteiger partial charge in [0.2, 0.25) is 0 Å². The lowest BCUT2D eigenvalue weighted by atomic mass is 9.98. The maximum atomic E-state index is 3.51. The van der Waals surface area contributed by atoms with Gasteiger partial charge in [-0.3, -0.25) is 0 Å². The van der Waals surface area contributed by atoms with Crippen molar-refractivity contribution in [1.29, 1.82) is 0 Å². The monoisotopic (exact) mass is 238 g/mol. The van der Waals surface area contributed by atoms with Crippen molar-refractivity contribution in [2.24, 2.45) is 11.8 Å². The van der Waals surface area contributed by atoms with Crippen molar-refractivity contribution in [3.05, 3.63) is 0 Å². The van der Waals surface area contributed by atoms with Crippen LogP contribution in [0.5, 0.6) is 0 Å². The second kappa shape index (κ2) is 6.75. The van der Waals surface area contributed by atoms with Crippen LogP contribution in [0.1, 0.15) is 51.9 Å². The predicted molar refractivity (Wildman–Crippen MR) is 74.3 cm³/mol. The van der Waals surface area contributed by atoms with Crippen molar-refractivity contribution in [3.63, 3.8) is 0 Å². The Kier molecular flexibility index (Phi) is 5.30. The van der Waals surface area contributed by atoms with Crippen LogP contribution in [0.2, 0.25) is 0 Å². The van der Waals surface area contributed by atoms with Gasteiger partial charge >= 0.3 is 0 Å². The van der Waals surface area contributed by atoms with Crippen LogP contribution >= 0.6 is 0 Å². The molecule has 1 N–H and O–H groups in total. The van der Waals surface area contributed by atoms with E-state index >= 15 is 0 Å². The Labute approximate surface area is 107 Å². The molecule has 2 fully saturated rings. The van der Waals surface area contributed by atoms with Crippen LogP contribution in [0.3, 0.4) is 0 Å². The zero-order valence-electron chi connectivity index (χ0n) is 11.8. The summed E-state index contributed by atoms with van der Waals surface area (Å²) in [6.45, 7) is 6.41. The molecule has 2 nitrogen and oxygen atoms in total. The van der Waals surface area contributed by atoms with Gasteiger partial charge in [0.25, 0.3) is 0 Å². The van der Waals surface area contributed by atoms with E-state index in [4.69, 9.17) is 0 Å². The number of hydrogen-bond donors (Lipinski definition) is 1. The zero-order chi connectivity index (χ0) is 12.1. The van der Waals surface area contributed by atoms with Gasteiger partial charge in [-0.15, -0.1) is 0 Å². The molecular formula is C15H30N2. The molecule has 0 spiro atoms. The third kappa shape index (κ3) is 3.69. The van der Waals surface area contributed by atoms with Crippen molar-refractivity contribution >= 4 is 0 Å². The summed E-state index contributed by atoms with van der Waals surface area (Å²) in [4.78, 5) is 2.75. The molecule has 3 unspecified atom stereocenters. The minimum absolute atomic E-state index is 0.792. The molecule has 1 heterocycles. The van der Waals surface area contributed by atoms with Crippen LogP contribution in [0.25, 0.3) is 0 Å². The Bertz CT molecular complexity index is 217. The molecule has 2 aliphatic rings. The smallest absolute Gasteiger partial charge is 0.0104 e. The van der Waals surface area contributed by atoms with E-state index in [2.05, 4.69) is 24.2 Å². The van der Waals surface area contributed by atoms with Gasteiger partial charge in [-0.1, -0.05) is 19.8 Å². The van der Waals surface area contributed by atoms with Crippen molar-refractivity contribution in [1.82, 2.24) is 10.2 Å². The highest BCUT2D eigenvalue weighted by Crippen LogP contribution is 2.28. The molecular weight excluding hydrogens is 208 g/mol. The summed E-state index contributed by atoms with van der Waals surface area (Å²) in [6.07, 6.45) is 9.99. The van der Waals surface area contributed by atoms with E-state index in [9.17, 15) is 0 Å². The first-order chi connectivity index (χ1) is 8.33.